The zero-order chi connectivity index (χ0) is 30.9. The zero-order valence-corrected chi connectivity index (χ0v) is 27.7. The number of nitrogens with zero attached hydrogens (tertiary/aromatic N) is 1. The van der Waals surface area contributed by atoms with Gasteiger partial charge in [-0.1, -0.05) is 137 Å². The molecule has 0 saturated heterocycles. The lowest BCUT2D eigenvalue weighted by atomic mass is 9.70. The SMILES string of the molecule is Brc1ccccc1Cn1c2cc3sc4ccccc4c3cc2c2ccc3c(c21)-c1ccccc1C31c2ccccc2-c2ccccc21. The van der Waals surface area contributed by atoms with Crippen LogP contribution in [0, 0.1) is 0 Å². The summed E-state index contributed by atoms with van der Waals surface area (Å²) in [7, 11) is 0. The molecule has 1 nitrogen and oxygen atoms in total. The van der Waals surface area contributed by atoms with Crippen molar-refractivity contribution in [2.75, 3.05) is 0 Å². The second-order valence-electron chi connectivity index (χ2n) is 12.9. The molecule has 0 N–H and O–H groups in total. The normalized spacial score (nSPS) is 13.9. The minimum atomic E-state index is -0.363. The molecule has 0 unspecified atom stereocenters. The molecule has 1 spiro atoms. The van der Waals surface area contributed by atoms with Gasteiger partial charge in [0.15, 0.2) is 0 Å². The number of benzene rings is 7. The van der Waals surface area contributed by atoms with Gasteiger partial charge in [0.25, 0.3) is 0 Å². The minimum absolute atomic E-state index is 0.363. The number of hydrogen-bond acceptors (Lipinski definition) is 1. The van der Waals surface area contributed by atoms with Crippen molar-refractivity contribution < 1.29 is 0 Å². The van der Waals surface area contributed by atoms with Crippen molar-refractivity contribution in [1.82, 2.24) is 4.57 Å². The average Bonchev–Trinajstić information content (AvgIpc) is 3.82. The molecule has 0 fully saturated rings. The molecule has 47 heavy (non-hydrogen) atoms. The summed E-state index contributed by atoms with van der Waals surface area (Å²) in [5.41, 5.74) is 14.4. The number of halogens is 1. The van der Waals surface area contributed by atoms with Gasteiger partial charge in [-0.15, -0.1) is 11.3 Å². The van der Waals surface area contributed by atoms with Crippen LogP contribution >= 0.6 is 27.3 Å². The Balaban J connectivity index is 1.33. The highest BCUT2D eigenvalue weighted by atomic mass is 79.9. The molecular weight excluding hydrogens is 654 g/mol. The van der Waals surface area contributed by atoms with E-state index in [0.29, 0.717) is 0 Å². The van der Waals surface area contributed by atoms with Gasteiger partial charge in [-0.2, -0.15) is 0 Å². The summed E-state index contributed by atoms with van der Waals surface area (Å²) in [6, 6.07) is 54.6. The fraction of sp³-hybridized carbons (Fsp3) is 0.0455. The molecule has 2 aliphatic carbocycles. The first-order valence-electron chi connectivity index (χ1n) is 16.2. The van der Waals surface area contributed by atoms with Gasteiger partial charge in [0.05, 0.1) is 16.4 Å². The lowest BCUT2D eigenvalue weighted by Crippen LogP contribution is -2.25. The van der Waals surface area contributed by atoms with Crippen LogP contribution in [0.5, 0.6) is 0 Å². The number of fused-ring (bicyclic) bond motifs is 17. The molecule has 0 radical (unpaired) electrons. The lowest BCUT2D eigenvalue weighted by molar-refractivity contribution is 0.793. The smallest absolute Gasteiger partial charge is 0.0726 e. The van der Waals surface area contributed by atoms with Crippen LogP contribution in [0.1, 0.15) is 27.8 Å². The van der Waals surface area contributed by atoms with E-state index in [1.807, 2.05) is 11.3 Å². The maximum atomic E-state index is 3.89. The first-order chi connectivity index (χ1) is 23.2. The van der Waals surface area contributed by atoms with Crippen molar-refractivity contribution >= 4 is 69.2 Å². The summed E-state index contributed by atoms with van der Waals surface area (Å²) >= 11 is 5.79. The largest absolute Gasteiger partial charge is 0.335 e. The Labute approximate surface area is 284 Å². The standard InChI is InChI=1S/C44H26BrNS/c45-38-19-9-1-11-26(38)25-46-39-24-41-33(29-14-5-10-20-40(29)47-41)23-32(39)30-21-22-37-42(43(30)46)31-15-4-8-18-36(31)44(37)34-16-6-2-12-27(34)28-13-3-7-17-35(28)44/h1-24H,25H2. The van der Waals surface area contributed by atoms with E-state index in [1.165, 1.54) is 92.0 Å². The van der Waals surface area contributed by atoms with E-state index in [9.17, 15) is 0 Å². The first-order valence-corrected chi connectivity index (χ1v) is 17.8. The van der Waals surface area contributed by atoms with Gasteiger partial charge in [0.2, 0.25) is 0 Å². The average molecular weight is 681 g/mol. The maximum absolute atomic E-state index is 3.89. The highest BCUT2D eigenvalue weighted by Crippen LogP contribution is 2.64. The van der Waals surface area contributed by atoms with Crippen molar-refractivity contribution in [2.24, 2.45) is 0 Å². The Bertz CT molecular complexity index is 2750. The molecule has 3 heteroatoms. The molecule has 2 aromatic heterocycles. The third kappa shape index (κ3) is 3.24. The number of rotatable bonds is 2. The molecule has 9 aromatic rings. The van der Waals surface area contributed by atoms with Gasteiger partial charge in [0.1, 0.15) is 0 Å². The zero-order valence-electron chi connectivity index (χ0n) is 25.3. The Kier molecular flexibility index (Phi) is 5.18. The summed E-state index contributed by atoms with van der Waals surface area (Å²) < 4.78 is 6.42. The van der Waals surface area contributed by atoms with Gasteiger partial charge in [-0.25, -0.2) is 0 Å². The maximum Gasteiger partial charge on any atom is 0.0726 e. The van der Waals surface area contributed by atoms with E-state index >= 15 is 0 Å². The van der Waals surface area contributed by atoms with Gasteiger partial charge in [0, 0.05) is 47.5 Å². The summed E-state index contributed by atoms with van der Waals surface area (Å²) in [4.78, 5) is 0. The van der Waals surface area contributed by atoms with Gasteiger partial charge >= 0.3 is 0 Å². The fourth-order valence-corrected chi connectivity index (χ4v) is 10.5. The third-order valence-electron chi connectivity index (χ3n) is 10.8. The summed E-state index contributed by atoms with van der Waals surface area (Å²) in [6.07, 6.45) is 0. The highest BCUT2D eigenvalue weighted by molar-refractivity contribution is 9.10. The molecule has 0 amide bonds. The van der Waals surface area contributed by atoms with E-state index in [2.05, 4.69) is 166 Å². The summed E-state index contributed by atoms with van der Waals surface area (Å²) in [5.74, 6) is 0. The number of aromatic nitrogens is 1. The van der Waals surface area contributed by atoms with Crippen LogP contribution in [-0.4, -0.2) is 4.57 Å². The van der Waals surface area contributed by atoms with Crippen LogP contribution < -0.4 is 0 Å². The van der Waals surface area contributed by atoms with Crippen molar-refractivity contribution in [3.63, 3.8) is 0 Å². The van der Waals surface area contributed by atoms with E-state index < -0.39 is 0 Å². The van der Waals surface area contributed by atoms with Gasteiger partial charge < -0.3 is 4.57 Å². The summed E-state index contributed by atoms with van der Waals surface area (Å²) in [5, 5.41) is 5.31. The Morgan fingerprint density at radius 2 is 1.15 bits per heavy atom. The van der Waals surface area contributed by atoms with Crippen LogP contribution in [0.3, 0.4) is 0 Å². The second-order valence-corrected chi connectivity index (χ2v) is 14.9. The number of hydrogen-bond donors (Lipinski definition) is 0. The third-order valence-corrected chi connectivity index (χ3v) is 12.7. The second kappa shape index (κ2) is 9.32. The molecule has 11 rings (SSSR count). The molecule has 220 valence electrons. The molecule has 0 aliphatic heterocycles. The van der Waals surface area contributed by atoms with Gasteiger partial charge in [-0.05, 0) is 68.8 Å². The van der Waals surface area contributed by atoms with Crippen LogP contribution in [-0.2, 0) is 12.0 Å². The molecule has 7 aromatic carbocycles. The Morgan fingerprint density at radius 3 is 1.91 bits per heavy atom. The van der Waals surface area contributed by atoms with Crippen molar-refractivity contribution in [3.8, 4) is 22.3 Å². The van der Waals surface area contributed by atoms with Crippen molar-refractivity contribution in [2.45, 2.75) is 12.0 Å². The monoisotopic (exact) mass is 679 g/mol. The topological polar surface area (TPSA) is 4.93 Å². The highest BCUT2D eigenvalue weighted by Gasteiger charge is 2.52. The van der Waals surface area contributed by atoms with Crippen molar-refractivity contribution in [1.29, 1.82) is 0 Å². The van der Waals surface area contributed by atoms with Crippen LogP contribution in [0.15, 0.2) is 150 Å². The Hall–Kier alpha value is -4.96. The van der Waals surface area contributed by atoms with Gasteiger partial charge in [-0.3, -0.25) is 0 Å². The molecular formula is C44H26BrNS. The predicted molar refractivity (Wildman–Crippen MR) is 202 cm³/mol. The molecule has 0 bridgehead atoms. The summed E-state index contributed by atoms with van der Waals surface area (Å²) in [6.45, 7) is 0.774. The van der Waals surface area contributed by atoms with Crippen LogP contribution in [0.25, 0.3) is 64.2 Å². The van der Waals surface area contributed by atoms with Crippen LogP contribution in [0.4, 0.5) is 0 Å². The fourth-order valence-electron chi connectivity index (χ4n) is 8.94. The van der Waals surface area contributed by atoms with Crippen molar-refractivity contribution in [3.05, 3.63) is 178 Å². The molecule has 0 saturated carbocycles. The van der Waals surface area contributed by atoms with E-state index in [0.717, 1.165) is 11.0 Å². The molecule has 2 heterocycles. The predicted octanol–water partition coefficient (Wildman–Crippen LogP) is 12.3. The Morgan fingerprint density at radius 1 is 0.511 bits per heavy atom. The van der Waals surface area contributed by atoms with E-state index in [-0.39, 0.29) is 5.41 Å². The van der Waals surface area contributed by atoms with E-state index in [1.54, 1.807) is 0 Å². The lowest BCUT2D eigenvalue weighted by Gasteiger charge is -2.30. The minimum Gasteiger partial charge on any atom is -0.335 e. The quantitative estimate of drug-likeness (QED) is 0.171. The van der Waals surface area contributed by atoms with Crippen LogP contribution in [0.2, 0.25) is 0 Å². The van der Waals surface area contributed by atoms with E-state index in [4.69, 9.17) is 0 Å². The first kappa shape index (κ1) is 26.1. The molecule has 2 aliphatic rings. The number of thiophene rings is 1. The molecule has 0 atom stereocenters.